The zero-order valence-electron chi connectivity index (χ0n) is 9.35. The van der Waals surface area contributed by atoms with E-state index in [1.165, 1.54) is 5.32 Å². The van der Waals surface area contributed by atoms with Crippen molar-refractivity contribution in [3.8, 4) is 11.5 Å². The van der Waals surface area contributed by atoms with Crippen molar-refractivity contribution in [2.75, 3.05) is 12.1 Å². The van der Waals surface area contributed by atoms with Gasteiger partial charge in [0.05, 0.1) is 10.7 Å². The van der Waals surface area contributed by atoms with Gasteiger partial charge in [-0.05, 0) is 0 Å². The van der Waals surface area contributed by atoms with Crippen molar-refractivity contribution in [3.05, 3.63) is 17.2 Å². The van der Waals surface area contributed by atoms with Crippen LogP contribution in [0.25, 0.3) is 0 Å². The summed E-state index contributed by atoms with van der Waals surface area (Å²) in [4.78, 5) is 11.0. The second kappa shape index (κ2) is 4.65. The maximum absolute atomic E-state index is 12.8. The first-order valence-electron chi connectivity index (χ1n) is 4.98. The maximum Gasteiger partial charge on any atom is 0.463 e. The van der Waals surface area contributed by atoms with E-state index >= 15 is 0 Å². The van der Waals surface area contributed by atoms with Crippen molar-refractivity contribution < 1.29 is 36.2 Å². The molecular weight excluding hydrogens is 313 g/mol. The number of fused-ring (bicyclic) bond motifs is 1. The zero-order valence-corrected chi connectivity index (χ0v) is 10.1. The number of rotatable bonds is 2. The van der Waals surface area contributed by atoms with Gasteiger partial charge in [-0.3, -0.25) is 4.79 Å². The van der Waals surface area contributed by atoms with E-state index in [1.807, 2.05) is 0 Å². The summed E-state index contributed by atoms with van der Waals surface area (Å²) in [5, 5.41) is 1.15. The first-order valence-corrected chi connectivity index (χ1v) is 5.36. The molecule has 0 bridgehead atoms. The second-order valence-electron chi connectivity index (χ2n) is 3.71. The molecule has 0 radical (unpaired) electrons. The summed E-state index contributed by atoms with van der Waals surface area (Å²) in [5.74, 6) is -7.81. The van der Waals surface area contributed by atoms with E-state index in [1.54, 1.807) is 0 Å². The van der Waals surface area contributed by atoms with Crippen molar-refractivity contribution in [2.24, 2.45) is 0 Å². The number of nitrogens with one attached hydrogen (secondary N) is 1. The molecule has 1 amide bonds. The van der Waals surface area contributed by atoms with Gasteiger partial charge in [0.25, 0.3) is 0 Å². The highest BCUT2D eigenvalue weighted by Crippen LogP contribution is 2.41. The average Bonchev–Trinajstić information content (AvgIpc) is 2.74. The molecular formula is C10H5ClF5NO3. The molecule has 1 aliphatic heterocycles. The molecule has 1 N–H and O–H groups in total. The summed E-state index contributed by atoms with van der Waals surface area (Å²) < 4.78 is 71.4. The predicted molar refractivity (Wildman–Crippen MR) is 57.2 cm³/mol. The number of halogens is 6. The van der Waals surface area contributed by atoms with Crippen molar-refractivity contribution in [1.82, 2.24) is 0 Å². The number of anilines is 1. The van der Waals surface area contributed by atoms with Crippen molar-refractivity contribution in [1.29, 1.82) is 0 Å². The van der Waals surface area contributed by atoms with Gasteiger partial charge < -0.3 is 14.8 Å². The molecule has 0 unspecified atom stereocenters. The molecule has 0 atom stereocenters. The molecule has 1 heterocycles. The topological polar surface area (TPSA) is 47.6 Å². The molecule has 1 aliphatic rings. The molecule has 4 nitrogen and oxygen atoms in total. The number of carbonyl (C=O) groups excluding carboxylic acids is 1. The largest absolute Gasteiger partial charge is 0.463 e. The standard InChI is InChI=1S/C10H5ClF5NO3/c11-4-1-6-7(20-3-19-6)2-5(4)17-8(18)9(12,13)10(14,15)16/h1-2H,3H2,(H,17,18). The highest BCUT2D eigenvalue weighted by molar-refractivity contribution is 6.34. The van der Waals surface area contributed by atoms with Crippen LogP contribution in [0.4, 0.5) is 27.6 Å². The minimum atomic E-state index is -6.00. The molecule has 0 spiro atoms. The third-order valence-electron chi connectivity index (χ3n) is 2.35. The Bertz CT molecular complexity index is 561. The number of alkyl halides is 5. The molecule has 2 rings (SSSR count). The Balaban J connectivity index is 2.25. The summed E-state index contributed by atoms with van der Waals surface area (Å²) in [6.07, 6.45) is -6.00. The highest BCUT2D eigenvalue weighted by atomic mass is 35.5. The summed E-state index contributed by atoms with van der Waals surface area (Å²) >= 11 is 5.64. The van der Waals surface area contributed by atoms with E-state index in [2.05, 4.69) is 0 Å². The third kappa shape index (κ3) is 2.45. The number of ether oxygens (including phenoxy) is 2. The van der Waals surface area contributed by atoms with Crippen LogP contribution < -0.4 is 14.8 Å². The Labute approximate surface area is 113 Å². The van der Waals surface area contributed by atoms with Gasteiger partial charge in [-0.25, -0.2) is 0 Å². The molecule has 0 saturated carbocycles. The molecule has 10 heteroatoms. The van der Waals surface area contributed by atoms with E-state index in [0.717, 1.165) is 12.1 Å². The number of benzene rings is 1. The van der Waals surface area contributed by atoms with Crippen molar-refractivity contribution in [2.45, 2.75) is 12.1 Å². The molecule has 0 saturated heterocycles. The zero-order chi connectivity index (χ0) is 15.1. The monoisotopic (exact) mass is 317 g/mol. The van der Waals surface area contributed by atoms with Crippen molar-refractivity contribution in [3.63, 3.8) is 0 Å². The van der Waals surface area contributed by atoms with Crippen LogP contribution in [0.1, 0.15) is 0 Å². The highest BCUT2D eigenvalue weighted by Gasteiger charge is 2.63. The first-order chi connectivity index (χ1) is 9.13. The summed E-state index contributed by atoms with van der Waals surface area (Å²) in [6.45, 7) is -0.151. The predicted octanol–water partition coefficient (Wildman–Crippen LogP) is 3.20. The lowest BCUT2D eigenvalue weighted by molar-refractivity contribution is -0.267. The Hall–Kier alpha value is -1.77. The molecule has 1 aromatic carbocycles. The molecule has 0 aromatic heterocycles. The van der Waals surface area contributed by atoms with Gasteiger partial charge in [-0.1, -0.05) is 11.6 Å². The van der Waals surface area contributed by atoms with E-state index in [4.69, 9.17) is 21.1 Å². The fraction of sp³-hybridized carbons (Fsp3) is 0.300. The third-order valence-corrected chi connectivity index (χ3v) is 2.66. The van der Waals surface area contributed by atoms with E-state index < -0.39 is 23.7 Å². The molecule has 0 aliphatic carbocycles. The molecule has 1 aromatic rings. The molecule has 110 valence electrons. The molecule has 0 fully saturated rings. The van der Waals surface area contributed by atoms with Crippen LogP contribution in [0, 0.1) is 0 Å². The lowest BCUT2D eigenvalue weighted by Crippen LogP contribution is -2.47. The van der Waals surface area contributed by atoms with Crippen LogP contribution in [0.15, 0.2) is 12.1 Å². The van der Waals surface area contributed by atoms with Gasteiger partial charge in [0.1, 0.15) is 0 Å². The minimum absolute atomic E-state index is 0.0695. The van der Waals surface area contributed by atoms with Gasteiger partial charge in [-0.15, -0.1) is 0 Å². The normalized spacial score (nSPS) is 14.3. The number of carbonyl (C=O) groups is 1. The SMILES string of the molecule is O=C(Nc1cc2c(cc1Cl)OCO2)C(F)(F)C(F)(F)F. The van der Waals surface area contributed by atoms with Crippen LogP contribution >= 0.6 is 11.6 Å². The Kier molecular flexibility index (Phi) is 3.41. The van der Waals surface area contributed by atoms with Crippen molar-refractivity contribution >= 4 is 23.2 Å². The Morgan fingerprint density at radius 3 is 2.25 bits per heavy atom. The smallest absolute Gasteiger partial charge is 0.454 e. The van der Waals surface area contributed by atoms with E-state index in [0.29, 0.717) is 0 Å². The van der Waals surface area contributed by atoms with Gasteiger partial charge in [0, 0.05) is 12.1 Å². The van der Waals surface area contributed by atoms with E-state index in [9.17, 15) is 26.7 Å². The lowest BCUT2D eigenvalue weighted by Gasteiger charge is -2.19. The quantitative estimate of drug-likeness (QED) is 0.852. The van der Waals surface area contributed by atoms with E-state index in [-0.39, 0.29) is 23.3 Å². The molecule has 20 heavy (non-hydrogen) atoms. The van der Waals surface area contributed by atoms with Crippen LogP contribution in [-0.4, -0.2) is 24.8 Å². The Morgan fingerprint density at radius 1 is 1.15 bits per heavy atom. The van der Waals surface area contributed by atoms with Gasteiger partial charge in [-0.2, -0.15) is 22.0 Å². The van der Waals surface area contributed by atoms with Gasteiger partial charge >= 0.3 is 18.0 Å². The fourth-order valence-corrected chi connectivity index (χ4v) is 1.54. The first kappa shape index (κ1) is 14.6. The average molecular weight is 318 g/mol. The summed E-state index contributed by atoms with van der Waals surface area (Å²) in [6, 6.07) is 2.13. The summed E-state index contributed by atoms with van der Waals surface area (Å²) in [7, 11) is 0. The minimum Gasteiger partial charge on any atom is -0.454 e. The number of hydrogen-bond donors (Lipinski definition) is 1. The fourth-order valence-electron chi connectivity index (χ4n) is 1.34. The number of hydrogen-bond acceptors (Lipinski definition) is 3. The van der Waals surface area contributed by atoms with Gasteiger partial charge in [0.15, 0.2) is 11.5 Å². The second-order valence-corrected chi connectivity index (χ2v) is 4.12. The van der Waals surface area contributed by atoms with Crippen LogP contribution in [0.2, 0.25) is 5.02 Å². The van der Waals surface area contributed by atoms with Crippen LogP contribution in [-0.2, 0) is 4.79 Å². The van der Waals surface area contributed by atoms with Gasteiger partial charge in [0.2, 0.25) is 6.79 Å². The maximum atomic E-state index is 12.8. The Morgan fingerprint density at radius 2 is 1.70 bits per heavy atom. The summed E-state index contributed by atoms with van der Waals surface area (Å²) in [5.41, 5.74) is -0.440. The van der Waals surface area contributed by atoms with Crippen LogP contribution in [0.5, 0.6) is 11.5 Å². The van der Waals surface area contributed by atoms with Crippen LogP contribution in [0.3, 0.4) is 0 Å². The number of amides is 1. The lowest BCUT2D eigenvalue weighted by atomic mass is 10.2.